The van der Waals surface area contributed by atoms with E-state index >= 15 is 0 Å². The highest BCUT2D eigenvalue weighted by atomic mass is 16.2. The Kier molecular flexibility index (Phi) is 6.55. The van der Waals surface area contributed by atoms with E-state index in [0.717, 1.165) is 45.1 Å². The molecule has 0 spiro atoms. The molecule has 0 aromatic heterocycles. The Morgan fingerprint density at radius 2 is 1.30 bits per heavy atom. The zero-order chi connectivity index (χ0) is 14.2. The van der Waals surface area contributed by atoms with Crippen molar-refractivity contribution in [1.29, 1.82) is 0 Å². The van der Waals surface area contributed by atoms with E-state index < -0.39 is 0 Å². The summed E-state index contributed by atoms with van der Waals surface area (Å²) in [7, 11) is 0. The fourth-order valence-electron chi connectivity index (χ4n) is 3.51. The molecule has 0 bridgehead atoms. The first-order chi connectivity index (χ1) is 9.79. The van der Waals surface area contributed by atoms with Crippen molar-refractivity contribution < 1.29 is 9.59 Å². The number of hydrogen-bond donors (Lipinski definition) is 0. The van der Waals surface area contributed by atoms with Crippen LogP contribution in [0, 0.1) is 0 Å². The molecule has 3 heteroatoms. The van der Waals surface area contributed by atoms with Gasteiger partial charge in [-0.05, 0) is 25.7 Å². The van der Waals surface area contributed by atoms with E-state index in [9.17, 15) is 9.59 Å². The third-order valence-corrected chi connectivity index (χ3v) is 4.76. The van der Waals surface area contributed by atoms with Crippen molar-refractivity contribution in [3.05, 3.63) is 0 Å². The van der Waals surface area contributed by atoms with E-state index in [1.165, 1.54) is 32.1 Å². The lowest BCUT2D eigenvalue weighted by atomic mass is 10.0. The maximum absolute atomic E-state index is 12.5. The molecule has 1 unspecified atom stereocenters. The molecule has 1 aliphatic carbocycles. The van der Waals surface area contributed by atoms with E-state index in [0.29, 0.717) is 18.6 Å². The van der Waals surface area contributed by atoms with Gasteiger partial charge in [0.05, 0.1) is 6.04 Å². The zero-order valence-electron chi connectivity index (χ0n) is 12.7. The second-order valence-electron chi connectivity index (χ2n) is 6.39. The number of Topliss-reactive ketones (excluding diaryl/α,β-unsaturated/α-hetero) is 1. The molecule has 114 valence electrons. The number of carbonyl (C=O) groups excluding carboxylic acids is 2. The van der Waals surface area contributed by atoms with Crippen LogP contribution in [0.1, 0.15) is 83.5 Å². The smallest absolute Gasteiger partial charge is 0.223 e. The van der Waals surface area contributed by atoms with Crippen LogP contribution < -0.4 is 0 Å². The molecular formula is C17H29NO2. The highest BCUT2D eigenvalue weighted by molar-refractivity contribution is 5.89. The van der Waals surface area contributed by atoms with Crippen molar-refractivity contribution in [3.63, 3.8) is 0 Å². The SMILES string of the molecule is O=C1CCCCCCCC1N1CCCCCCCC1=O. The van der Waals surface area contributed by atoms with E-state index in [1.54, 1.807) is 0 Å². The third kappa shape index (κ3) is 4.60. The molecule has 1 heterocycles. The van der Waals surface area contributed by atoms with E-state index in [1.807, 2.05) is 4.90 Å². The van der Waals surface area contributed by atoms with E-state index in [4.69, 9.17) is 0 Å². The Hall–Kier alpha value is -0.860. The lowest BCUT2D eigenvalue weighted by Crippen LogP contribution is -2.45. The maximum atomic E-state index is 12.5. The normalized spacial score (nSPS) is 27.8. The minimum absolute atomic E-state index is 0.112. The Bertz CT molecular complexity index is 295. The van der Waals surface area contributed by atoms with Gasteiger partial charge in [-0.3, -0.25) is 9.59 Å². The van der Waals surface area contributed by atoms with Crippen molar-refractivity contribution in [2.45, 2.75) is 89.5 Å². The van der Waals surface area contributed by atoms with Crippen molar-refractivity contribution in [2.24, 2.45) is 0 Å². The number of ketones is 1. The summed E-state index contributed by atoms with van der Waals surface area (Å²) < 4.78 is 0. The number of rotatable bonds is 1. The first-order valence-corrected chi connectivity index (χ1v) is 8.61. The maximum Gasteiger partial charge on any atom is 0.223 e. The summed E-state index contributed by atoms with van der Waals surface area (Å²) in [6.45, 7) is 0.801. The minimum atomic E-state index is -0.112. The quantitative estimate of drug-likeness (QED) is 0.731. The Morgan fingerprint density at radius 1 is 0.700 bits per heavy atom. The zero-order valence-corrected chi connectivity index (χ0v) is 12.7. The van der Waals surface area contributed by atoms with Gasteiger partial charge in [-0.2, -0.15) is 0 Å². The van der Waals surface area contributed by atoms with Gasteiger partial charge in [-0.15, -0.1) is 0 Å². The van der Waals surface area contributed by atoms with Gasteiger partial charge in [0, 0.05) is 19.4 Å². The highest BCUT2D eigenvalue weighted by Crippen LogP contribution is 2.22. The number of carbonyl (C=O) groups is 2. The van der Waals surface area contributed by atoms with Crippen molar-refractivity contribution >= 4 is 11.7 Å². The lowest BCUT2D eigenvalue weighted by molar-refractivity contribution is -0.140. The molecule has 20 heavy (non-hydrogen) atoms. The van der Waals surface area contributed by atoms with Gasteiger partial charge < -0.3 is 4.90 Å². The Labute approximate surface area is 123 Å². The molecule has 2 fully saturated rings. The van der Waals surface area contributed by atoms with Crippen LogP contribution in [0.3, 0.4) is 0 Å². The van der Waals surface area contributed by atoms with Crippen molar-refractivity contribution in [3.8, 4) is 0 Å². The van der Waals surface area contributed by atoms with Crippen LogP contribution in [0.25, 0.3) is 0 Å². The molecular weight excluding hydrogens is 250 g/mol. The van der Waals surface area contributed by atoms with Gasteiger partial charge in [-0.25, -0.2) is 0 Å². The van der Waals surface area contributed by atoms with E-state index in [-0.39, 0.29) is 11.9 Å². The number of amides is 1. The van der Waals surface area contributed by atoms with Gasteiger partial charge in [0.2, 0.25) is 5.91 Å². The monoisotopic (exact) mass is 279 g/mol. The molecule has 0 radical (unpaired) electrons. The molecule has 1 saturated carbocycles. The van der Waals surface area contributed by atoms with Crippen LogP contribution in [-0.2, 0) is 9.59 Å². The molecule has 0 aromatic carbocycles. The van der Waals surface area contributed by atoms with Crippen LogP contribution in [0.5, 0.6) is 0 Å². The Morgan fingerprint density at radius 3 is 2.10 bits per heavy atom. The summed E-state index contributed by atoms with van der Waals surface area (Å²) in [5, 5.41) is 0. The fourth-order valence-corrected chi connectivity index (χ4v) is 3.51. The van der Waals surface area contributed by atoms with Crippen molar-refractivity contribution in [1.82, 2.24) is 4.90 Å². The van der Waals surface area contributed by atoms with Gasteiger partial charge in [0.25, 0.3) is 0 Å². The third-order valence-electron chi connectivity index (χ3n) is 4.76. The molecule has 2 rings (SSSR count). The summed E-state index contributed by atoms with van der Waals surface area (Å²) in [6.07, 6.45) is 13.6. The largest absolute Gasteiger partial charge is 0.333 e. The van der Waals surface area contributed by atoms with Crippen molar-refractivity contribution in [2.75, 3.05) is 6.54 Å². The van der Waals surface area contributed by atoms with E-state index in [2.05, 4.69) is 0 Å². The van der Waals surface area contributed by atoms with Crippen LogP contribution in [0.15, 0.2) is 0 Å². The van der Waals surface area contributed by atoms with Crippen LogP contribution in [-0.4, -0.2) is 29.2 Å². The summed E-state index contributed by atoms with van der Waals surface area (Å²) in [5.41, 5.74) is 0. The average molecular weight is 279 g/mol. The molecule has 0 aromatic rings. The second-order valence-corrected chi connectivity index (χ2v) is 6.39. The predicted octanol–water partition coefficient (Wildman–Crippen LogP) is 3.85. The van der Waals surface area contributed by atoms with Gasteiger partial charge in [0.15, 0.2) is 5.78 Å². The minimum Gasteiger partial charge on any atom is -0.333 e. The molecule has 1 saturated heterocycles. The molecule has 3 nitrogen and oxygen atoms in total. The van der Waals surface area contributed by atoms with Crippen LogP contribution >= 0.6 is 0 Å². The van der Waals surface area contributed by atoms with Gasteiger partial charge in [0.1, 0.15) is 0 Å². The van der Waals surface area contributed by atoms with Gasteiger partial charge >= 0.3 is 0 Å². The highest BCUT2D eigenvalue weighted by Gasteiger charge is 2.29. The lowest BCUT2D eigenvalue weighted by Gasteiger charge is -2.31. The predicted molar refractivity (Wildman–Crippen MR) is 80.5 cm³/mol. The first kappa shape index (κ1) is 15.5. The number of nitrogens with zero attached hydrogens (tertiary/aromatic N) is 1. The topological polar surface area (TPSA) is 37.4 Å². The standard InChI is InChI=1S/C17H29NO2/c19-16-12-8-4-1-3-7-11-15(16)18-14-10-6-2-5-9-13-17(18)20/h15H,1-14H2. The van der Waals surface area contributed by atoms with Gasteiger partial charge in [-0.1, -0.05) is 44.9 Å². The first-order valence-electron chi connectivity index (χ1n) is 8.61. The van der Waals surface area contributed by atoms with Crippen LogP contribution in [0.4, 0.5) is 0 Å². The average Bonchev–Trinajstić information content (AvgIpc) is 2.60. The molecule has 0 N–H and O–H groups in total. The fraction of sp³-hybridized carbons (Fsp3) is 0.882. The molecule has 1 aliphatic heterocycles. The Balaban J connectivity index is 2.05. The number of hydrogen-bond acceptors (Lipinski definition) is 2. The molecule has 1 atom stereocenters. The van der Waals surface area contributed by atoms with Crippen LogP contribution in [0.2, 0.25) is 0 Å². The second kappa shape index (κ2) is 8.43. The summed E-state index contributed by atoms with van der Waals surface area (Å²) >= 11 is 0. The molecule has 2 aliphatic rings. The molecule has 1 amide bonds. The summed E-state index contributed by atoms with van der Waals surface area (Å²) in [6, 6.07) is -0.112. The summed E-state index contributed by atoms with van der Waals surface area (Å²) in [5.74, 6) is 0.545. The summed E-state index contributed by atoms with van der Waals surface area (Å²) in [4.78, 5) is 26.8.